The van der Waals surface area contributed by atoms with E-state index in [0.29, 0.717) is 17.0 Å². The lowest BCUT2D eigenvalue weighted by Crippen LogP contribution is -2.43. The molecule has 1 saturated heterocycles. The Hall–Kier alpha value is -1.76. The third-order valence-electron chi connectivity index (χ3n) is 4.56. The van der Waals surface area contributed by atoms with E-state index >= 15 is 0 Å². The van der Waals surface area contributed by atoms with Crippen LogP contribution in [0, 0.1) is 5.95 Å². The highest BCUT2D eigenvalue weighted by Crippen LogP contribution is 2.34. The molecular weight excluding hydrogens is 357 g/mol. The van der Waals surface area contributed by atoms with Crippen molar-refractivity contribution >= 4 is 11.6 Å². The van der Waals surface area contributed by atoms with Crippen LogP contribution in [0.1, 0.15) is 37.2 Å². The van der Waals surface area contributed by atoms with Gasteiger partial charge in [0.05, 0.1) is 5.02 Å². The molecule has 26 heavy (non-hydrogen) atoms. The van der Waals surface area contributed by atoms with E-state index < -0.39 is 5.95 Å². The van der Waals surface area contributed by atoms with Crippen LogP contribution in [-0.4, -0.2) is 35.3 Å². The van der Waals surface area contributed by atoms with Crippen LogP contribution in [0.4, 0.5) is 4.39 Å². The molecule has 2 aliphatic rings. The van der Waals surface area contributed by atoms with Gasteiger partial charge >= 0.3 is 0 Å². The largest absolute Gasteiger partial charge is 0.474 e. The van der Waals surface area contributed by atoms with E-state index in [1.54, 1.807) is 6.20 Å². The number of pyridine rings is 2. The average Bonchev–Trinajstić information content (AvgIpc) is 2.65. The number of nitrogens with two attached hydrogens (primary N) is 1. The predicted octanol–water partition coefficient (Wildman–Crippen LogP) is 3.72. The molecule has 0 unspecified atom stereocenters. The molecule has 0 amide bonds. The molecule has 140 valence electrons. The first-order valence-corrected chi connectivity index (χ1v) is 9.21. The van der Waals surface area contributed by atoms with Crippen LogP contribution in [-0.2, 0) is 4.74 Å². The maximum atomic E-state index is 11.9. The van der Waals surface area contributed by atoms with E-state index in [2.05, 4.69) is 16.0 Å². The van der Waals surface area contributed by atoms with Crippen LogP contribution in [0.3, 0.4) is 0 Å². The third kappa shape index (κ3) is 5.37. The van der Waals surface area contributed by atoms with Crippen LogP contribution >= 0.6 is 11.6 Å². The van der Waals surface area contributed by atoms with Crippen LogP contribution in [0.2, 0.25) is 5.02 Å². The number of hydrogen-bond donors (Lipinski definition) is 1. The van der Waals surface area contributed by atoms with Gasteiger partial charge in [-0.3, -0.25) is 0 Å². The summed E-state index contributed by atoms with van der Waals surface area (Å²) in [5.41, 5.74) is 7.02. The van der Waals surface area contributed by atoms with Crippen molar-refractivity contribution in [3.05, 3.63) is 53.2 Å². The molecule has 2 N–H and O–H groups in total. The van der Waals surface area contributed by atoms with Crippen LogP contribution in [0.25, 0.3) is 0 Å². The zero-order valence-electron chi connectivity index (χ0n) is 14.5. The van der Waals surface area contributed by atoms with Gasteiger partial charge in [-0.15, -0.1) is 0 Å². The van der Waals surface area contributed by atoms with Crippen LogP contribution in [0.15, 0.2) is 36.7 Å². The SMILES string of the molecule is Fc1ccc(Cl)cn1.NC1CC(Oc2ncccc2C2CCOCC2)C1. The summed E-state index contributed by atoms with van der Waals surface area (Å²) in [6.45, 7) is 1.68. The molecule has 1 aliphatic carbocycles. The monoisotopic (exact) mass is 379 g/mol. The van der Waals surface area contributed by atoms with Gasteiger partial charge in [-0.05, 0) is 49.8 Å². The van der Waals surface area contributed by atoms with Crippen LogP contribution < -0.4 is 10.5 Å². The van der Waals surface area contributed by atoms with Crippen LogP contribution in [0.5, 0.6) is 5.88 Å². The van der Waals surface area contributed by atoms with Gasteiger partial charge in [0, 0.05) is 37.2 Å². The zero-order chi connectivity index (χ0) is 18.4. The van der Waals surface area contributed by atoms with Gasteiger partial charge in [0.1, 0.15) is 6.10 Å². The second-order valence-corrected chi connectivity index (χ2v) is 6.99. The molecule has 0 aromatic carbocycles. The predicted molar refractivity (Wildman–Crippen MR) is 97.9 cm³/mol. The Labute approximate surface area is 157 Å². The summed E-state index contributed by atoms with van der Waals surface area (Å²) >= 11 is 5.38. The fourth-order valence-corrected chi connectivity index (χ4v) is 3.15. The quantitative estimate of drug-likeness (QED) is 0.823. The van der Waals surface area contributed by atoms with Gasteiger partial charge < -0.3 is 15.2 Å². The lowest BCUT2D eigenvalue weighted by molar-refractivity contribution is 0.0778. The lowest BCUT2D eigenvalue weighted by Gasteiger charge is -2.33. The molecule has 0 atom stereocenters. The maximum Gasteiger partial charge on any atom is 0.217 e. The maximum absolute atomic E-state index is 11.9. The molecule has 2 fully saturated rings. The first kappa shape index (κ1) is 19.0. The Balaban J connectivity index is 0.000000206. The average molecular weight is 380 g/mol. The molecule has 4 rings (SSSR count). The van der Waals surface area contributed by atoms with Gasteiger partial charge in [0.15, 0.2) is 0 Å². The summed E-state index contributed by atoms with van der Waals surface area (Å²) in [5.74, 6) is 0.826. The third-order valence-corrected chi connectivity index (χ3v) is 4.79. The number of rotatable bonds is 3. The second-order valence-electron chi connectivity index (χ2n) is 6.55. The van der Waals surface area contributed by atoms with E-state index in [1.807, 2.05) is 6.07 Å². The molecule has 0 radical (unpaired) electrons. The van der Waals surface area contributed by atoms with Crippen molar-refractivity contribution in [2.75, 3.05) is 13.2 Å². The van der Waals surface area contributed by atoms with Gasteiger partial charge in [-0.25, -0.2) is 9.97 Å². The number of ether oxygens (including phenoxy) is 2. The molecule has 3 heterocycles. The van der Waals surface area contributed by atoms with Crippen molar-refractivity contribution in [3.8, 4) is 5.88 Å². The van der Waals surface area contributed by atoms with Gasteiger partial charge in [0.25, 0.3) is 0 Å². The first-order chi connectivity index (χ1) is 12.6. The topological polar surface area (TPSA) is 70.3 Å². The summed E-state index contributed by atoms with van der Waals surface area (Å²) in [5, 5.41) is 0.450. The Bertz CT molecular complexity index is 668. The highest BCUT2D eigenvalue weighted by atomic mass is 35.5. The minimum absolute atomic E-state index is 0.258. The number of halogens is 2. The highest BCUT2D eigenvalue weighted by Gasteiger charge is 2.29. The van der Waals surface area contributed by atoms with Crippen molar-refractivity contribution < 1.29 is 13.9 Å². The molecule has 1 aliphatic heterocycles. The molecule has 1 saturated carbocycles. The van der Waals surface area contributed by atoms with E-state index in [1.165, 1.54) is 23.9 Å². The Morgan fingerprint density at radius 1 is 1.15 bits per heavy atom. The summed E-state index contributed by atoms with van der Waals surface area (Å²) in [7, 11) is 0. The smallest absolute Gasteiger partial charge is 0.217 e. The van der Waals surface area contributed by atoms with Gasteiger partial charge in [-0.1, -0.05) is 17.7 Å². The van der Waals surface area contributed by atoms with Crippen molar-refractivity contribution in [3.63, 3.8) is 0 Å². The van der Waals surface area contributed by atoms with E-state index in [-0.39, 0.29) is 6.10 Å². The van der Waals surface area contributed by atoms with Crippen molar-refractivity contribution in [2.45, 2.75) is 43.7 Å². The molecule has 0 spiro atoms. The molecule has 2 aromatic rings. The summed E-state index contributed by atoms with van der Waals surface area (Å²) in [6, 6.07) is 7.10. The Morgan fingerprint density at radius 3 is 2.54 bits per heavy atom. The Morgan fingerprint density at radius 2 is 1.92 bits per heavy atom. The second kappa shape index (κ2) is 9.26. The van der Waals surface area contributed by atoms with Crippen molar-refractivity contribution in [2.24, 2.45) is 5.73 Å². The molecular formula is C19H23ClFN3O2. The van der Waals surface area contributed by atoms with Gasteiger partial charge in [-0.2, -0.15) is 4.39 Å². The molecule has 2 aromatic heterocycles. The first-order valence-electron chi connectivity index (χ1n) is 8.83. The van der Waals surface area contributed by atoms with Crippen molar-refractivity contribution in [1.29, 1.82) is 0 Å². The normalized spacial score (nSPS) is 22.7. The highest BCUT2D eigenvalue weighted by molar-refractivity contribution is 6.30. The number of hydrogen-bond acceptors (Lipinski definition) is 5. The lowest BCUT2D eigenvalue weighted by atomic mass is 9.89. The van der Waals surface area contributed by atoms with Gasteiger partial charge in [0.2, 0.25) is 11.8 Å². The van der Waals surface area contributed by atoms with E-state index in [4.69, 9.17) is 26.8 Å². The summed E-state index contributed by atoms with van der Waals surface area (Å²) in [6.07, 6.45) is 7.34. The summed E-state index contributed by atoms with van der Waals surface area (Å²) < 4.78 is 23.3. The molecule has 7 heteroatoms. The fourth-order valence-electron chi connectivity index (χ4n) is 3.04. The minimum atomic E-state index is -0.505. The van der Waals surface area contributed by atoms with E-state index in [0.717, 1.165) is 44.8 Å². The van der Waals surface area contributed by atoms with Crippen molar-refractivity contribution in [1.82, 2.24) is 9.97 Å². The number of nitrogens with zero attached hydrogens (tertiary/aromatic N) is 2. The number of aromatic nitrogens is 2. The zero-order valence-corrected chi connectivity index (χ0v) is 15.2. The minimum Gasteiger partial charge on any atom is -0.474 e. The van der Waals surface area contributed by atoms with E-state index in [9.17, 15) is 4.39 Å². The standard InChI is InChI=1S/C14H20N2O2.C5H3ClFN/c15-11-8-12(9-11)18-14-13(2-1-5-16-14)10-3-6-17-7-4-10;6-4-1-2-5(7)8-3-4/h1-2,5,10-12H,3-4,6-9,15H2;1-3H. The molecule has 5 nitrogen and oxygen atoms in total. The fraction of sp³-hybridized carbons (Fsp3) is 0.474. The summed E-state index contributed by atoms with van der Waals surface area (Å²) in [4.78, 5) is 7.68. The Kier molecular flexibility index (Phi) is 6.77. The molecule has 0 bridgehead atoms.